The highest BCUT2D eigenvalue weighted by Crippen LogP contribution is 2.43. The molecule has 3 aromatic carbocycles. The van der Waals surface area contributed by atoms with Gasteiger partial charge in [0.1, 0.15) is 11.5 Å². The fourth-order valence-electron chi connectivity index (χ4n) is 3.75. The van der Waals surface area contributed by atoms with E-state index >= 15 is 0 Å². The van der Waals surface area contributed by atoms with Gasteiger partial charge in [0.15, 0.2) is 0 Å². The molecule has 1 unspecified atom stereocenters. The van der Waals surface area contributed by atoms with E-state index in [2.05, 4.69) is 0 Å². The predicted octanol–water partition coefficient (Wildman–Crippen LogP) is 6.59. The molecule has 0 aromatic heterocycles. The number of hydrogen-bond donors (Lipinski definition) is 1. The molecule has 0 spiro atoms. The third-order valence-corrected chi connectivity index (χ3v) is 6.46. The predicted molar refractivity (Wildman–Crippen MR) is 130 cm³/mol. The van der Waals surface area contributed by atoms with E-state index in [1.165, 1.54) is 18.1 Å². The Bertz CT molecular complexity index is 1300. The van der Waals surface area contributed by atoms with E-state index in [1.54, 1.807) is 54.6 Å². The Morgan fingerprint density at radius 1 is 0.939 bits per heavy atom. The lowest BCUT2D eigenvalue weighted by Gasteiger charge is -2.26. The number of hydrogen-bond acceptors (Lipinski definition) is 4. The van der Waals surface area contributed by atoms with Crippen molar-refractivity contribution in [2.24, 2.45) is 0 Å². The van der Waals surface area contributed by atoms with Crippen LogP contribution in [-0.4, -0.2) is 23.9 Å². The van der Waals surface area contributed by atoms with Crippen LogP contribution < -0.4 is 9.64 Å². The van der Waals surface area contributed by atoms with Gasteiger partial charge >= 0.3 is 0 Å². The number of Topliss-reactive ketones (excluding diaryl/α,β-unsaturated/α-hetero) is 1. The first-order valence-corrected chi connectivity index (χ1v) is 11.0. The van der Waals surface area contributed by atoms with Crippen LogP contribution in [0.4, 0.5) is 5.69 Å². The van der Waals surface area contributed by atoms with Gasteiger partial charge in [-0.1, -0.05) is 53.0 Å². The number of carbonyl (C=O) groups is 2. The first-order valence-electron chi connectivity index (χ1n) is 9.89. The summed E-state index contributed by atoms with van der Waals surface area (Å²) in [4.78, 5) is 27.7. The molecule has 1 aliphatic heterocycles. The number of benzene rings is 3. The van der Waals surface area contributed by atoms with Gasteiger partial charge in [-0.2, -0.15) is 0 Å². The first kappa shape index (κ1) is 23.2. The van der Waals surface area contributed by atoms with Crippen LogP contribution in [0.2, 0.25) is 15.1 Å². The maximum atomic E-state index is 13.2. The number of halogens is 3. The number of amides is 1. The zero-order chi connectivity index (χ0) is 23.9. The average molecular weight is 503 g/mol. The second kappa shape index (κ2) is 9.10. The number of nitrogens with zero attached hydrogens (tertiary/aromatic N) is 1. The van der Waals surface area contributed by atoms with Crippen molar-refractivity contribution in [2.75, 3.05) is 12.0 Å². The number of aliphatic hydroxyl groups is 1. The fourth-order valence-corrected chi connectivity index (χ4v) is 4.25. The highest BCUT2D eigenvalue weighted by molar-refractivity contribution is 6.52. The van der Waals surface area contributed by atoms with Gasteiger partial charge < -0.3 is 9.84 Å². The molecule has 1 atom stereocenters. The lowest BCUT2D eigenvalue weighted by Crippen LogP contribution is -2.29. The van der Waals surface area contributed by atoms with Crippen LogP contribution in [0.1, 0.15) is 22.7 Å². The molecule has 1 saturated heterocycles. The van der Waals surface area contributed by atoms with Crippen molar-refractivity contribution in [3.8, 4) is 5.75 Å². The van der Waals surface area contributed by atoms with Gasteiger partial charge in [0.05, 0.1) is 23.7 Å². The molecular formula is C25H18Cl3NO4. The van der Waals surface area contributed by atoms with Crippen molar-refractivity contribution in [3.05, 3.63) is 98.0 Å². The number of anilines is 1. The second-order valence-electron chi connectivity index (χ2n) is 7.50. The molecule has 0 radical (unpaired) electrons. The number of rotatable bonds is 4. The lowest BCUT2D eigenvalue weighted by atomic mass is 9.95. The molecule has 3 aromatic rings. The fraction of sp³-hybridized carbons (Fsp3) is 0.120. The Labute approximate surface area is 205 Å². The van der Waals surface area contributed by atoms with E-state index in [0.717, 1.165) is 5.56 Å². The van der Waals surface area contributed by atoms with Crippen LogP contribution >= 0.6 is 34.8 Å². The monoisotopic (exact) mass is 501 g/mol. The summed E-state index contributed by atoms with van der Waals surface area (Å²) in [6.45, 7) is 1.84. The molecule has 1 amide bonds. The van der Waals surface area contributed by atoms with Crippen LogP contribution in [0.25, 0.3) is 5.76 Å². The van der Waals surface area contributed by atoms with Gasteiger partial charge in [0, 0.05) is 21.3 Å². The van der Waals surface area contributed by atoms with E-state index in [4.69, 9.17) is 39.5 Å². The molecule has 8 heteroatoms. The average Bonchev–Trinajstić information content (AvgIpc) is 3.06. The van der Waals surface area contributed by atoms with Crippen molar-refractivity contribution in [1.29, 1.82) is 0 Å². The second-order valence-corrected chi connectivity index (χ2v) is 8.75. The molecule has 1 heterocycles. The summed E-state index contributed by atoms with van der Waals surface area (Å²) in [6.07, 6.45) is 0. The SMILES string of the molecule is COc1cc(/C(O)=C2\C(=O)C(=O)N(c3ccc(C)c(Cl)c3)C2c2ccc(Cl)cc2)ccc1Cl. The van der Waals surface area contributed by atoms with Crippen LogP contribution in [-0.2, 0) is 9.59 Å². The first-order chi connectivity index (χ1) is 15.7. The molecule has 4 rings (SSSR count). The minimum atomic E-state index is -0.900. The van der Waals surface area contributed by atoms with Gasteiger partial charge in [0.2, 0.25) is 0 Å². The van der Waals surface area contributed by atoms with Gasteiger partial charge in [-0.25, -0.2) is 0 Å². The van der Waals surface area contributed by atoms with E-state index < -0.39 is 17.7 Å². The lowest BCUT2D eigenvalue weighted by molar-refractivity contribution is -0.132. The summed E-state index contributed by atoms with van der Waals surface area (Å²) in [5.74, 6) is -1.62. The molecule has 0 aliphatic carbocycles. The molecule has 0 bridgehead atoms. The van der Waals surface area contributed by atoms with Crippen molar-refractivity contribution in [2.45, 2.75) is 13.0 Å². The summed E-state index contributed by atoms with van der Waals surface area (Å²) >= 11 is 18.5. The Hall–Kier alpha value is -2.99. The van der Waals surface area contributed by atoms with Crippen LogP contribution in [0.5, 0.6) is 5.75 Å². The number of ether oxygens (including phenoxy) is 1. The van der Waals surface area contributed by atoms with E-state index in [0.29, 0.717) is 32.1 Å². The van der Waals surface area contributed by atoms with Gasteiger partial charge in [0.25, 0.3) is 11.7 Å². The summed E-state index contributed by atoms with van der Waals surface area (Å²) in [7, 11) is 1.44. The maximum Gasteiger partial charge on any atom is 0.300 e. The molecule has 1 aliphatic rings. The number of aryl methyl sites for hydroxylation is 1. The van der Waals surface area contributed by atoms with Crippen molar-refractivity contribution in [1.82, 2.24) is 0 Å². The van der Waals surface area contributed by atoms with Gasteiger partial charge in [-0.3, -0.25) is 14.5 Å². The largest absolute Gasteiger partial charge is 0.507 e. The molecule has 1 fully saturated rings. The Kier molecular flexibility index (Phi) is 6.39. The van der Waals surface area contributed by atoms with E-state index in [9.17, 15) is 14.7 Å². The Morgan fingerprint density at radius 3 is 2.27 bits per heavy atom. The molecule has 168 valence electrons. The molecule has 0 saturated carbocycles. The molecule has 33 heavy (non-hydrogen) atoms. The van der Waals surface area contributed by atoms with E-state index in [1.807, 2.05) is 6.92 Å². The maximum absolute atomic E-state index is 13.2. The molecular weight excluding hydrogens is 485 g/mol. The van der Waals surface area contributed by atoms with Gasteiger partial charge in [-0.15, -0.1) is 0 Å². The number of carbonyl (C=O) groups excluding carboxylic acids is 2. The highest BCUT2D eigenvalue weighted by atomic mass is 35.5. The zero-order valence-corrected chi connectivity index (χ0v) is 19.9. The summed E-state index contributed by atoms with van der Waals surface area (Å²) in [5, 5.41) is 12.5. The van der Waals surface area contributed by atoms with Crippen LogP contribution in [0.15, 0.2) is 66.2 Å². The van der Waals surface area contributed by atoms with Crippen LogP contribution in [0, 0.1) is 6.92 Å². The number of methoxy groups -OCH3 is 1. The van der Waals surface area contributed by atoms with E-state index in [-0.39, 0.29) is 16.9 Å². The van der Waals surface area contributed by atoms with Crippen LogP contribution in [0.3, 0.4) is 0 Å². The molecule has 5 nitrogen and oxygen atoms in total. The third-order valence-electron chi connectivity index (χ3n) is 5.49. The molecule has 1 N–H and O–H groups in total. The quantitative estimate of drug-likeness (QED) is 0.248. The minimum Gasteiger partial charge on any atom is -0.507 e. The minimum absolute atomic E-state index is 0.0663. The normalized spacial score (nSPS) is 17.5. The zero-order valence-electron chi connectivity index (χ0n) is 17.6. The number of aliphatic hydroxyl groups excluding tert-OH is 1. The standard InChI is InChI=1S/C25H18Cl3NO4/c1-13-3-9-17(12-19(13)28)29-22(14-4-7-16(26)8-5-14)21(24(31)25(29)32)23(30)15-6-10-18(27)20(11-15)33-2/h3-12,22,30H,1-2H3/b23-21+. The third kappa shape index (κ3) is 4.20. The van der Waals surface area contributed by atoms with Crippen molar-refractivity contribution >= 4 is 57.9 Å². The topological polar surface area (TPSA) is 66.8 Å². The summed E-state index contributed by atoms with van der Waals surface area (Å²) < 4.78 is 5.23. The van der Waals surface area contributed by atoms with Gasteiger partial charge in [-0.05, 0) is 60.5 Å². The van der Waals surface area contributed by atoms with Crippen molar-refractivity contribution < 1.29 is 19.4 Å². The Balaban J connectivity index is 1.95. The Morgan fingerprint density at radius 2 is 1.64 bits per heavy atom. The summed E-state index contributed by atoms with van der Waals surface area (Å²) in [6, 6.07) is 15.5. The van der Waals surface area contributed by atoms with Crippen molar-refractivity contribution in [3.63, 3.8) is 0 Å². The smallest absolute Gasteiger partial charge is 0.300 e. The number of ketones is 1. The highest BCUT2D eigenvalue weighted by Gasteiger charge is 2.47. The summed E-state index contributed by atoms with van der Waals surface area (Å²) in [5.41, 5.74) is 2.07.